The number of nitrogens with one attached hydrogen (secondary N) is 5. The molecular formula is C34H48N10O6. The fraction of sp³-hybridized carbons (Fsp3) is 0.412. The van der Waals surface area contributed by atoms with E-state index >= 15 is 0 Å². The van der Waals surface area contributed by atoms with Crippen molar-refractivity contribution in [3.63, 3.8) is 0 Å². The van der Waals surface area contributed by atoms with Gasteiger partial charge in [0.25, 0.3) is 0 Å². The second-order valence-electron chi connectivity index (χ2n) is 11.9. The van der Waals surface area contributed by atoms with E-state index in [0.29, 0.717) is 36.9 Å². The van der Waals surface area contributed by atoms with Gasteiger partial charge in [-0.15, -0.1) is 0 Å². The number of hydrogen-bond acceptors (Lipinski definition) is 8. The molecule has 0 aliphatic carbocycles. The highest BCUT2D eigenvalue weighted by molar-refractivity contribution is 5.95. The first-order chi connectivity index (χ1) is 24.0. The lowest BCUT2D eigenvalue weighted by Gasteiger charge is -2.25. The number of carbonyl (C=O) groups is 5. The normalized spacial score (nSPS) is 13.3. The molecule has 0 spiro atoms. The van der Waals surface area contributed by atoms with Gasteiger partial charge in [-0.25, -0.2) is 4.79 Å². The number of nitrogens with two attached hydrogens (primary N) is 4. The average Bonchev–Trinajstić information content (AvgIpc) is 3.50. The average molecular weight is 693 g/mol. The monoisotopic (exact) mass is 692 g/mol. The van der Waals surface area contributed by atoms with Crippen LogP contribution in [0.5, 0.6) is 0 Å². The maximum absolute atomic E-state index is 13.8. The molecule has 0 unspecified atom stereocenters. The number of aliphatic imine (C=N–C) groups is 1. The molecule has 1 heterocycles. The van der Waals surface area contributed by atoms with Crippen molar-refractivity contribution in [2.24, 2.45) is 27.9 Å². The molecule has 3 rings (SSSR count). The number of unbranched alkanes of at least 4 members (excludes halogenated alkanes) is 1. The number of H-pyrrole nitrogens is 1. The van der Waals surface area contributed by atoms with E-state index in [2.05, 4.69) is 31.2 Å². The summed E-state index contributed by atoms with van der Waals surface area (Å²) in [7, 11) is 0. The molecule has 0 fully saturated rings. The van der Waals surface area contributed by atoms with E-state index < -0.39 is 60.3 Å². The van der Waals surface area contributed by atoms with Gasteiger partial charge < -0.3 is 54.3 Å². The van der Waals surface area contributed by atoms with Gasteiger partial charge in [-0.1, -0.05) is 55.0 Å². The Kier molecular flexibility index (Phi) is 15.7. The molecule has 0 bridgehead atoms. The van der Waals surface area contributed by atoms with Crippen LogP contribution in [-0.4, -0.2) is 89.4 Å². The number of hydrogen-bond donors (Lipinski definition) is 10. The zero-order valence-electron chi connectivity index (χ0n) is 27.9. The van der Waals surface area contributed by atoms with E-state index in [1.165, 1.54) is 0 Å². The number of aromatic amines is 1. The summed E-state index contributed by atoms with van der Waals surface area (Å²) in [5, 5.41) is 21.1. The number of fused-ring (bicyclic) bond motifs is 1. The largest absolute Gasteiger partial charge is 0.480 e. The summed E-state index contributed by atoms with van der Waals surface area (Å²) < 4.78 is 0. The third kappa shape index (κ3) is 12.9. The Balaban J connectivity index is 1.79. The van der Waals surface area contributed by atoms with Gasteiger partial charge in [0.1, 0.15) is 18.1 Å². The van der Waals surface area contributed by atoms with Crippen LogP contribution in [0.3, 0.4) is 0 Å². The molecule has 270 valence electrons. The number of nitrogens with zero attached hydrogens (tertiary/aromatic N) is 1. The molecule has 0 saturated carbocycles. The topological polar surface area (TPSA) is 286 Å². The van der Waals surface area contributed by atoms with Crippen LogP contribution in [0.25, 0.3) is 10.9 Å². The Bertz CT molecular complexity index is 1610. The van der Waals surface area contributed by atoms with Crippen molar-refractivity contribution in [1.29, 1.82) is 0 Å². The first-order valence-electron chi connectivity index (χ1n) is 16.5. The molecule has 4 atom stereocenters. The zero-order chi connectivity index (χ0) is 36.5. The predicted octanol–water partition coefficient (Wildman–Crippen LogP) is -0.882. The van der Waals surface area contributed by atoms with Crippen LogP contribution in [0, 0.1) is 0 Å². The number of para-hydroxylation sites is 1. The number of aliphatic carboxylic acids is 1. The Morgan fingerprint density at radius 2 is 1.46 bits per heavy atom. The minimum absolute atomic E-state index is 0.00598. The van der Waals surface area contributed by atoms with E-state index in [9.17, 15) is 29.1 Å². The number of carbonyl (C=O) groups excluding carboxylic acids is 4. The minimum atomic E-state index is -1.28. The lowest BCUT2D eigenvalue weighted by atomic mass is 10.0. The van der Waals surface area contributed by atoms with Gasteiger partial charge >= 0.3 is 5.97 Å². The predicted molar refractivity (Wildman–Crippen MR) is 189 cm³/mol. The highest BCUT2D eigenvalue weighted by Gasteiger charge is 2.30. The fourth-order valence-electron chi connectivity index (χ4n) is 5.28. The standard InChI is InChI=1S/C34H48N10O6/c35-15-7-6-12-24(36)30(46)41-20-29(45)42-26(14-8-16-39-34(37)38)31(47)43-27(18-22-19-40-25-13-5-4-11-23(22)25)32(48)44-28(33(49)50)17-21-9-2-1-3-10-21/h1-5,9-11,13,19,24,26-28,40H,6-8,12,14-18,20,35-36H2,(H,41,46)(H,42,45)(H,43,47)(H,44,48)(H,49,50)(H4,37,38,39)/t24-,26-,27-,28-/m0/s1. The molecule has 14 N–H and O–H groups in total. The zero-order valence-corrected chi connectivity index (χ0v) is 27.9. The Morgan fingerprint density at radius 3 is 2.16 bits per heavy atom. The van der Waals surface area contributed by atoms with Gasteiger partial charge in [-0.3, -0.25) is 24.2 Å². The molecule has 16 heteroatoms. The fourth-order valence-corrected chi connectivity index (χ4v) is 5.28. The van der Waals surface area contributed by atoms with Crippen molar-refractivity contribution in [1.82, 2.24) is 26.3 Å². The highest BCUT2D eigenvalue weighted by atomic mass is 16.4. The maximum atomic E-state index is 13.8. The summed E-state index contributed by atoms with van der Waals surface area (Å²) in [5.74, 6) is -4.01. The van der Waals surface area contributed by atoms with Crippen LogP contribution >= 0.6 is 0 Å². The molecule has 0 aliphatic heterocycles. The molecular weight excluding hydrogens is 644 g/mol. The van der Waals surface area contributed by atoms with Crippen LogP contribution in [0.15, 0.2) is 65.8 Å². The number of carboxylic acids is 1. The molecule has 50 heavy (non-hydrogen) atoms. The van der Waals surface area contributed by atoms with Crippen LogP contribution < -0.4 is 44.2 Å². The van der Waals surface area contributed by atoms with Crippen LogP contribution in [0.4, 0.5) is 0 Å². The summed E-state index contributed by atoms with van der Waals surface area (Å²) in [5.41, 5.74) is 24.5. The number of aromatic nitrogens is 1. The highest BCUT2D eigenvalue weighted by Crippen LogP contribution is 2.19. The Labute approximate surface area is 290 Å². The van der Waals surface area contributed by atoms with Crippen molar-refractivity contribution in [2.75, 3.05) is 19.6 Å². The van der Waals surface area contributed by atoms with Crippen molar-refractivity contribution < 1.29 is 29.1 Å². The molecule has 0 aliphatic rings. The first kappa shape index (κ1) is 39.0. The molecule has 3 aromatic rings. The van der Waals surface area contributed by atoms with E-state index in [0.717, 1.165) is 10.9 Å². The summed E-state index contributed by atoms with van der Waals surface area (Å²) in [4.78, 5) is 72.1. The van der Waals surface area contributed by atoms with Crippen LogP contribution in [0.1, 0.15) is 43.2 Å². The third-order valence-electron chi connectivity index (χ3n) is 7.96. The minimum Gasteiger partial charge on any atom is -0.480 e. The number of rotatable bonds is 21. The smallest absolute Gasteiger partial charge is 0.326 e. The van der Waals surface area contributed by atoms with E-state index in [4.69, 9.17) is 22.9 Å². The molecule has 2 aromatic carbocycles. The Morgan fingerprint density at radius 1 is 0.780 bits per heavy atom. The van der Waals surface area contributed by atoms with Gasteiger partial charge in [-0.2, -0.15) is 0 Å². The van der Waals surface area contributed by atoms with Crippen LogP contribution in [-0.2, 0) is 36.8 Å². The lowest BCUT2D eigenvalue weighted by Crippen LogP contribution is -2.57. The lowest BCUT2D eigenvalue weighted by molar-refractivity contribution is -0.142. The third-order valence-corrected chi connectivity index (χ3v) is 7.96. The second-order valence-corrected chi connectivity index (χ2v) is 11.9. The van der Waals surface area contributed by atoms with E-state index in [-0.39, 0.29) is 38.2 Å². The summed E-state index contributed by atoms with van der Waals surface area (Å²) >= 11 is 0. The molecule has 16 nitrogen and oxygen atoms in total. The number of amides is 4. The Hall–Kier alpha value is -5.48. The van der Waals surface area contributed by atoms with Crippen molar-refractivity contribution in [2.45, 2.75) is 69.1 Å². The van der Waals surface area contributed by atoms with Crippen molar-refractivity contribution in [3.8, 4) is 0 Å². The second kappa shape index (κ2) is 20.1. The van der Waals surface area contributed by atoms with Gasteiger partial charge in [0.15, 0.2) is 5.96 Å². The molecule has 1 aromatic heterocycles. The van der Waals surface area contributed by atoms with Crippen molar-refractivity contribution >= 4 is 46.5 Å². The maximum Gasteiger partial charge on any atom is 0.326 e. The van der Waals surface area contributed by atoms with E-state index in [1.54, 1.807) is 36.5 Å². The van der Waals surface area contributed by atoms with E-state index in [1.807, 2.05) is 24.3 Å². The summed E-state index contributed by atoms with van der Waals surface area (Å²) in [6.45, 7) is 0.192. The SMILES string of the molecule is NCCCC[C@H](N)C(=O)NCC(=O)N[C@@H](CCCN=C(N)N)C(=O)N[C@@H](Cc1c[nH]c2ccccc12)C(=O)N[C@@H](Cc1ccccc1)C(=O)O. The number of carboxylic acid groups (broad SMARTS) is 1. The van der Waals surface area contributed by atoms with Gasteiger partial charge in [0, 0.05) is 36.5 Å². The number of benzene rings is 2. The van der Waals surface area contributed by atoms with Crippen LogP contribution in [0.2, 0.25) is 0 Å². The summed E-state index contributed by atoms with van der Waals surface area (Å²) in [6.07, 6.45) is 3.86. The molecule has 0 radical (unpaired) electrons. The summed E-state index contributed by atoms with van der Waals surface area (Å²) in [6, 6.07) is 11.7. The quantitative estimate of drug-likeness (QED) is 0.0374. The van der Waals surface area contributed by atoms with Gasteiger partial charge in [-0.05, 0) is 49.4 Å². The van der Waals surface area contributed by atoms with Crippen molar-refractivity contribution in [3.05, 3.63) is 71.9 Å². The first-order valence-corrected chi connectivity index (χ1v) is 16.5. The molecule has 0 saturated heterocycles. The number of guanidine groups is 1. The van der Waals surface area contributed by atoms with Gasteiger partial charge in [0.2, 0.25) is 23.6 Å². The van der Waals surface area contributed by atoms with Gasteiger partial charge in [0.05, 0.1) is 12.6 Å². The molecule has 4 amide bonds.